The molecule has 0 heterocycles. The molecule has 0 aromatic heterocycles. The third-order valence-corrected chi connectivity index (χ3v) is 6.74. The SMILES string of the molecule is O=S([O-])S(=O)(=O)c1ccc(C(c2ccc(F)cc2)(C(F)(F)F)C(F)(F)F)cc1. The molecular weight excluding hydrogens is 441 g/mol. The Labute approximate surface area is 155 Å². The van der Waals surface area contributed by atoms with Gasteiger partial charge in [-0.05, 0) is 35.4 Å². The summed E-state index contributed by atoms with van der Waals surface area (Å²) in [4.78, 5) is -1.01. The Kier molecular flexibility index (Phi) is 5.67. The van der Waals surface area contributed by atoms with Crippen LogP contribution in [0.2, 0.25) is 0 Å². The maximum atomic E-state index is 13.8. The van der Waals surface area contributed by atoms with Gasteiger partial charge in [-0.15, -0.1) is 0 Å². The second-order valence-electron chi connectivity index (χ2n) is 5.44. The molecule has 0 N–H and O–H groups in total. The topological polar surface area (TPSA) is 74.3 Å². The van der Waals surface area contributed by atoms with Crippen molar-refractivity contribution >= 4 is 19.0 Å². The lowest BCUT2D eigenvalue weighted by Gasteiger charge is -2.38. The van der Waals surface area contributed by atoms with Crippen LogP contribution in [0.5, 0.6) is 0 Å². The van der Waals surface area contributed by atoms with Gasteiger partial charge in [-0.2, -0.15) is 26.3 Å². The van der Waals surface area contributed by atoms with Gasteiger partial charge in [0.15, 0.2) is 0 Å². The lowest BCUT2D eigenvalue weighted by Crippen LogP contribution is -2.54. The van der Waals surface area contributed by atoms with E-state index in [0.717, 1.165) is 0 Å². The highest BCUT2D eigenvalue weighted by atomic mass is 33.2. The van der Waals surface area contributed by atoms with E-state index in [2.05, 4.69) is 0 Å². The molecule has 13 heteroatoms. The zero-order valence-corrected chi connectivity index (χ0v) is 14.8. The molecule has 0 spiro atoms. The summed E-state index contributed by atoms with van der Waals surface area (Å²) in [6.45, 7) is 0. The monoisotopic (exact) mass is 449 g/mol. The predicted molar refractivity (Wildman–Crippen MR) is 81.8 cm³/mol. The molecular formula is C15H8F7O4S2-. The van der Waals surface area contributed by atoms with E-state index in [1.165, 1.54) is 0 Å². The van der Waals surface area contributed by atoms with E-state index < -0.39 is 58.6 Å². The summed E-state index contributed by atoms with van der Waals surface area (Å²) >= 11 is 0. The highest BCUT2D eigenvalue weighted by molar-refractivity contribution is 8.61. The van der Waals surface area contributed by atoms with Gasteiger partial charge >= 0.3 is 12.4 Å². The highest BCUT2D eigenvalue weighted by Crippen LogP contribution is 2.56. The summed E-state index contributed by atoms with van der Waals surface area (Å²) in [7, 11) is -8.67. The number of benzene rings is 2. The molecule has 1 atom stereocenters. The average molecular weight is 449 g/mol. The second-order valence-corrected chi connectivity index (χ2v) is 9.36. The molecule has 0 aliphatic carbocycles. The third kappa shape index (κ3) is 3.53. The van der Waals surface area contributed by atoms with E-state index in [1.54, 1.807) is 0 Å². The molecule has 0 saturated heterocycles. The van der Waals surface area contributed by atoms with E-state index in [4.69, 9.17) is 0 Å². The van der Waals surface area contributed by atoms with Gasteiger partial charge in [0.25, 0.3) is 0 Å². The van der Waals surface area contributed by atoms with Crippen LogP contribution in [0.1, 0.15) is 11.1 Å². The van der Waals surface area contributed by atoms with Crippen LogP contribution < -0.4 is 0 Å². The van der Waals surface area contributed by atoms with Gasteiger partial charge in [0.1, 0.15) is 5.82 Å². The Morgan fingerprint density at radius 1 is 0.750 bits per heavy atom. The Bertz CT molecular complexity index is 965. The smallest absolute Gasteiger partial charge is 0.411 e. The molecule has 2 aromatic carbocycles. The maximum Gasteiger partial charge on any atom is 0.411 e. The summed E-state index contributed by atoms with van der Waals surface area (Å²) in [6, 6.07) is 2.52. The van der Waals surface area contributed by atoms with E-state index in [-0.39, 0.29) is 12.1 Å². The summed E-state index contributed by atoms with van der Waals surface area (Å²) in [5.41, 5.74) is -7.38. The van der Waals surface area contributed by atoms with Gasteiger partial charge in [0.05, 0.1) is 15.0 Å². The van der Waals surface area contributed by atoms with E-state index in [1.807, 2.05) is 0 Å². The lowest BCUT2D eigenvalue weighted by atomic mass is 9.73. The Morgan fingerprint density at radius 2 is 1.11 bits per heavy atom. The van der Waals surface area contributed by atoms with Crippen molar-refractivity contribution in [3.05, 3.63) is 65.5 Å². The zero-order chi connectivity index (χ0) is 21.5. The largest absolute Gasteiger partial charge is 0.760 e. The number of rotatable bonds is 4. The van der Waals surface area contributed by atoms with Gasteiger partial charge in [0.2, 0.25) is 14.3 Å². The van der Waals surface area contributed by atoms with Crippen LogP contribution in [-0.4, -0.2) is 29.5 Å². The Hall–Kier alpha value is -1.99. The van der Waals surface area contributed by atoms with E-state index >= 15 is 0 Å². The first-order valence-electron chi connectivity index (χ1n) is 7.00. The molecule has 4 nitrogen and oxygen atoms in total. The molecule has 154 valence electrons. The highest BCUT2D eigenvalue weighted by Gasteiger charge is 2.72. The molecule has 0 aliphatic rings. The van der Waals surface area contributed by atoms with Crippen molar-refractivity contribution in [2.75, 3.05) is 0 Å². The van der Waals surface area contributed by atoms with Crippen molar-refractivity contribution in [2.45, 2.75) is 22.7 Å². The van der Waals surface area contributed by atoms with Crippen LogP contribution in [0.4, 0.5) is 30.7 Å². The van der Waals surface area contributed by atoms with Gasteiger partial charge in [-0.3, -0.25) is 4.21 Å². The second kappa shape index (κ2) is 7.12. The van der Waals surface area contributed by atoms with Gasteiger partial charge in [-0.25, -0.2) is 12.8 Å². The number of alkyl halides is 6. The first kappa shape index (κ1) is 22.3. The molecule has 0 amide bonds. The van der Waals surface area contributed by atoms with E-state index in [9.17, 15) is 47.9 Å². The number of halogens is 7. The zero-order valence-electron chi connectivity index (χ0n) is 13.2. The molecule has 2 rings (SSSR count). The van der Waals surface area contributed by atoms with Crippen LogP contribution in [-0.2, 0) is 24.4 Å². The van der Waals surface area contributed by atoms with Crippen LogP contribution >= 0.6 is 0 Å². The third-order valence-electron chi connectivity index (χ3n) is 3.88. The maximum absolute atomic E-state index is 13.8. The van der Waals surface area contributed by atoms with Crippen LogP contribution in [0.15, 0.2) is 53.4 Å². The van der Waals surface area contributed by atoms with Crippen LogP contribution in [0.25, 0.3) is 0 Å². The van der Waals surface area contributed by atoms with Crippen molar-refractivity contribution in [2.24, 2.45) is 0 Å². The Balaban J connectivity index is 2.83. The normalized spacial score (nSPS) is 14.7. The van der Waals surface area contributed by atoms with Gasteiger partial charge < -0.3 is 4.55 Å². The predicted octanol–water partition coefficient (Wildman–Crippen LogP) is 3.80. The molecule has 28 heavy (non-hydrogen) atoms. The Morgan fingerprint density at radius 3 is 1.43 bits per heavy atom. The molecule has 0 aliphatic heterocycles. The quantitative estimate of drug-likeness (QED) is 0.404. The van der Waals surface area contributed by atoms with Gasteiger partial charge in [-0.1, -0.05) is 24.3 Å². The molecule has 2 aromatic rings. The van der Waals surface area contributed by atoms with Crippen molar-refractivity contribution in [1.82, 2.24) is 0 Å². The fraction of sp³-hybridized carbons (Fsp3) is 0.200. The van der Waals surface area contributed by atoms with Crippen molar-refractivity contribution in [3.63, 3.8) is 0 Å². The minimum absolute atomic E-state index is 0.212. The first-order chi connectivity index (χ1) is 12.7. The van der Waals surface area contributed by atoms with Crippen molar-refractivity contribution in [3.8, 4) is 0 Å². The summed E-state index contributed by atoms with van der Waals surface area (Å²) in [5.74, 6) is -1.07. The van der Waals surface area contributed by atoms with Crippen molar-refractivity contribution in [1.29, 1.82) is 0 Å². The molecule has 0 radical (unpaired) electrons. The van der Waals surface area contributed by atoms with Crippen molar-refractivity contribution < 1.29 is 47.9 Å². The van der Waals surface area contributed by atoms with Crippen LogP contribution in [0, 0.1) is 5.82 Å². The molecule has 0 bridgehead atoms. The van der Waals surface area contributed by atoms with Gasteiger partial charge in [0, 0.05) is 0 Å². The molecule has 1 unspecified atom stereocenters. The molecule has 0 fully saturated rings. The average Bonchev–Trinajstić information content (AvgIpc) is 2.55. The minimum atomic E-state index is -5.95. The fourth-order valence-electron chi connectivity index (χ4n) is 2.63. The summed E-state index contributed by atoms with van der Waals surface area (Å²) in [5, 5.41) is 0. The fourth-order valence-corrected chi connectivity index (χ4v) is 4.06. The first-order valence-corrected chi connectivity index (χ1v) is 10.1. The molecule has 0 saturated carbocycles. The lowest BCUT2D eigenvalue weighted by molar-refractivity contribution is -0.288. The van der Waals surface area contributed by atoms with Crippen LogP contribution in [0.3, 0.4) is 0 Å². The minimum Gasteiger partial charge on any atom is -0.760 e. The van der Waals surface area contributed by atoms with E-state index in [0.29, 0.717) is 36.4 Å². The summed E-state index contributed by atoms with van der Waals surface area (Å²) < 4.78 is 140. The number of hydrogen-bond acceptors (Lipinski definition) is 4. The standard InChI is InChI=1S/C15H9F7O4S2/c16-11-5-1-9(2-6-11)13(14(17,18)19,15(20,21)22)10-3-7-12(8-4-10)28(25,26)27(23)24/h1-8H,(H,23,24)/p-1. The number of hydrogen-bond donors (Lipinski definition) is 0. The summed E-state index contributed by atoms with van der Waals surface area (Å²) in [6.07, 6.45) is -11.9.